The first kappa shape index (κ1) is 13.8. The Morgan fingerprint density at radius 2 is 2.18 bits per heavy atom. The summed E-state index contributed by atoms with van der Waals surface area (Å²) in [6, 6.07) is 1.21. The van der Waals surface area contributed by atoms with Crippen molar-refractivity contribution in [3.63, 3.8) is 0 Å². The molecule has 1 rings (SSSR count). The van der Waals surface area contributed by atoms with Crippen LogP contribution in [0, 0.1) is 13.8 Å². The number of methoxy groups -OCH3 is 1. The standard InChI is InChI=1S/C12H16ClNO3/c1-6-4-9(17-3)12(13)7(2)11(6)8(14)5-10(15)16/h4,8H,5,14H2,1-3H3,(H,15,16). The van der Waals surface area contributed by atoms with Crippen molar-refractivity contribution in [2.24, 2.45) is 5.73 Å². The molecule has 0 aliphatic heterocycles. The SMILES string of the molecule is COc1cc(C)c(C(N)CC(=O)O)c(C)c1Cl. The molecule has 4 nitrogen and oxygen atoms in total. The average molecular weight is 258 g/mol. The van der Waals surface area contributed by atoms with E-state index in [4.69, 9.17) is 27.2 Å². The maximum atomic E-state index is 10.7. The summed E-state index contributed by atoms with van der Waals surface area (Å²) in [5, 5.41) is 9.24. The van der Waals surface area contributed by atoms with Gasteiger partial charge in [0.1, 0.15) is 5.75 Å². The maximum Gasteiger partial charge on any atom is 0.305 e. The van der Waals surface area contributed by atoms with Crippen molar-refractivity contribution in [1.29, 1.82) is 0 Å². The van der Waals surface area contributed by atoms with Crippen LogP contribution in [-0.4, -0.2) is 18.2 Å². The van der Waals surface area contributed by atoms with Gasteiger partial charge in [-0.2, -0.15) is 0 Å². The van der Waals surface area contributed by atoms with Gasteiger partial charge in [0, 0.05) is 6.04 Å². The molecule has 3 N–H and O–H groups in total. The van der Waals surface area contributed by atoms with Crippen LogP contribution in [0.15, 0.2) is 6.07 Å². The monoisotopic (exact) mass is 257 g/mol. The van der Waals surface area contributed by atoms with Gasteiger partial charge in [-0.1, -0.05) is 11.6 Å². The lowest BCUT2D eigenvalue weighted by Gasteiger charge is -2.19. The molecular weight excluding hydrogens is 242 g/mol. The van der Waals surface area contributed by atoms with Gasteiger partial charge in [-0.15, -0.1) is 0 Å². The van der Waals surface area contributed by atoms with Crippen molar-refractivity contribution in [2.45, 2.75) is 26.3 Å². The molecule has 0 bridgehead atoms. The number of halogens is 1. The number of rotatable bonds is 4. The molecule has 0 heterocycles. The van der Waals surface area contributed by atoms with E-state index in [1.165, 1.54) is 7.11 Å². The Balaban J connectivity index is 3.25. The minimum atomic E-state index is -0.928. The highest BCUT2D eigenvalue weighted by molar-refractivity contribution is 6.33. The molecule has 1 aromatic rings. The van der Waals surface area contributed by atoms with E-state index in [-0.39, 0.29) is 6.42 Å². The Kier molecular flexibility index (Phi) is 4.37. The van der Waals surface area contributed by atoms with E-state index in [2.05, 4.69) is 0 Å². The molecule has 0 saturated carbocycles. The zero-order valence-corrected chi connectivity index (χ0v) is 10.8. The first-order valence-electron chi connectivity index (χ1n) is 5.19. The third-order valence-corrected chi connectivity index (χ3v) is 3.18. The zero-order chi connectivity index (χ0) is 13.2. The second kappa shape index (κ2) is 5.38. The summed E-state index contributed by atoms with van der Waals surface area (Å²) in [7, 11) is 1.54. The van der Waals surface area contributed by atoms with Crippen LogP contribution in [0.2, 0.25) is 5.02 Å². The van der Waals surface area contributed by atoms with Crippen LogP contribution in [0.25, 0.3) is 0 Å². The highest BCUT2D eigenvalue weighted by atomic mass is 35.5. The van der Waals surface area contributed by atoms with Crippen molar-refractivity contribution in [2.75, 3.05) is 7.11 Å². The number of aryl methyl sites for hydroxylation is 1. The number of carbonyl (C=O) groups is 1. The summed E-state index contributed by atoms with van der Waals surface area (Å²) >= 11 is 6.12. The van der Waals surface area contributed by atoms with Crippen molar-refractivity contribution in [1.82, 2.24) is 0 Å². The highest BCUT2D eigenvalue weighted by Gasteiger charge is 2.19. The fourth-order valence-electron chi connectivity index (χ4n) is 1.95. The van der Waals surface area contributed by atoms with Crippen molar-refractivity contribution < 1.29 is 14.6 Å². The summed E-state index contributed by atoms with van der Waals surface area (Å²) in [5.74, 6) is -0.351. The van der Waals surface area contributed by atoms with E-state index in [0.717, 1.165) is 16.7 Å². The fourth-order valence-corrected chi connectivity index (χ4v) is 2.18. The largest absolute Gasteiger partial charge is 0.495 e. The molecule has 0 aliphatic carbocycles. The lowest BCUT2D eigenvalue weighted by atomic mass is 9.94. The Morgan fingerprint density at radius 3 is 2.65 bits per heavy atom. The molecule has 0 aliphatic rings. The van der Waals surface area contributed by atoms with Gasteiger partial charge in [0.2, 0.25) is 0 Å². The molecule has 1 unspecified atom stereocenters. The molecule has 0 amide bonds. The molecule has 0 aromatic heterocycles. The molecule has 0 spiro atoms. The zero-order valence-electron chi connectivity index (χ0n) is 10.1. The topological polar surface area (TPSA) is 72.5 Å². The number of benzene rings is 1. The van der Waals surface area contributed by atoms with E-state index in [0.29, 0.717) is 10.8 Å². The second-order valence-electron chi connectivity index (χ2n) is 3.95. The quantitative estimate of drug-likeness (QED) is 0.869. The minimum Gasteiger partial charge on any atom is -0.495 e. The Morgan fingerprint density at radius 1 is 1.59 bits per heavy atom. The summed E-state index contributed by atoms with van der Waals surface area (Å²) in [6.45, 7) is 3.68. The number of aliphatic carboxylic acids is 1. The average Bonchev–Trinajstić information content (AvgIpc) is 2.22. The molecule has 0 saturated heterocycles. The van der Waals surface area contributed by atoms with Gasteiger partial charge in [-0.25, -0.2) is 0 Å². The number of ether oxygens (including phenoxy) is 1. The van der Waals surface area contributed by atoms with E-state index < -0.39 is 12.0 Å². The van der Waals surface area contributed by atoms with Crippen LogP contribution in [0.5, 0.6) is 5.75 Å². The second-order valence-corrected chi connectivity index (χ2v) is 4.33. The number of nitrogens with two attached hydrogens (primary N) is 1. The van der Waals surface area contributed by atoms with E-state index in [9.17, 15) is 4.79 Å². The predicted molar refractivity (Wildman–Crippen MR) is 66.7 cm³/mol. The van der Waals surface area contributed by atoms with E-state index in [1.54, 1.807) is 6.07 Å². The van der Waals surface area contributed by atoms with Gasteiger partial charge < -0.3 is 15.6 Å². The van der Waals surface area contributed by atoms with Crippen LogP contribution >= 0.6 is 11.6 Å². The normalized spacial score (nSPS) is 12.3. The van der Waals surface area contributed by atoms with Gasteiger partial charge in [-0.05, 0) is 36.6 Å². The first-order valence-corrected chi connectivity index (χ1v) is 5.57. The first-order chi connectivity index (χ1) is 7.88. The minimum absolute atomic E-state index is 0.121. The Bertz CT molecular complexity index is 446. The summed E-state index contributed by atoms with van der Waals surface area (Å²) in [4.78, 5) is 10.7. The lowest BCUT2D eigenvalue weighted by Crippen LogP contribution is -2.17. The van der Waals surface area contributed by atoms with Gasteiger partial charge in [0.25, 0.3) is 0 Å². The Labute approximate surface area is 105 Å². The maximum absolute atomic E-state index is 10.7. The fraction of sp³-hybridized carbons (Fsp3) is 0.417. The summed E-state index contributed by atoms with van der Waals surface area (Å²) in [6.07, 6.45) is -0.121. The molecule has 0 fully saturated rings. The molecule has 5 heteroatoms. The predicted octanol–water partition coefficient (Wildman–Crippen LogP) is 2.44. The van der Waals surface area contributed by atoms with Gasteiger partial charge in [0.15, 0.2) is 0 Å². The number of hydrogen-bond acceptors (Lipinski definition) is 3. The van der Waals surface area contributed by atoms with E-state index in [1.807, 2.05) is 13.8 Å². The lowest BCUT2D eigenvalue weighted by molar-refractivity contribution is -0.137. The molecule has 1 atom stereocenters. The molecule has 94 valence electrons. The van der Waals surface area contributed by atoms with Crippen LogP contribution in [0.1, 0.15) is 29.2 Å². The molecule has 0 radical (unpaired) electrons. The van der Waals surface area contributed by atoms with Crippen LogP contribution < -0.4 is 10.5 Å². The smallest absolute Gasteiger partial charge is 0.305 e. The summed E-state index contributed by atoms with van der Waals surface area (Å²) in [5.41, 5.74) is 8.32. The number of carboxylic acids is 1. The highest BCUT2D eigenvalue weighted by Crippen LogP contribution is 2.35. The van der Waals surface area contributed by atoms with Gasteiger partial charge in [-0.3, -0.25) is 4.79 Å². The van der Waals surface area contributed by atoms with Crippen molar-refractivity contribution >= 4 is 17.6 Å². The summed E-state index contributed by atoms with van der Waals surface area (Å²) < 4.78 is 5.13. The third kappa shape index (κ3) is 2.90. The van der Waals surface area contributed by atoms with Crippen molar-refractivity contribution in [3.05, 3.63) is 27.8 Å². The molecule has 17 heavy (non-hydrogen) atoms. The van der Waals surface area contributed by atoms with Crippen LogP contribution in [0.3, 0.4) is 0 Å². The van der Waals surface area contributed by atoms with Crippen LogP contribution in [-0.2, 0) is 4.79 Å². The number of carboxylic acid groups (broad SMARTS) is 1. The number of hydrogen-bond donors (Lipinski definition) is 2. The van der Waals surface area contributed by atoms with E-state index >= 15 is 0 Å². The van der Waals surface area contributed by atoms with Crippen molar-refractivity contribution in [3.8, 4) is 5.75 Å². The van der Waals surface area contributed by atoms with Crippen LogP contribution in [0.4, 0.5) is 0 Å². The van der Waals surface area contributed by atoms with Gasteiger partial charge >= 0.3 is 5.97 Å². The molecular formula is C12H16ClNO3. The Hall–Kier alpha value is -1.26. The molecule has 1 aromatic carbocycles. The van der Waals surface area contributed by atoms with Gasteiger partial charge in [0.05, 0.1) is 18.6 Å². The third-order valence-electron chi connectivity index (χ3n) is 2.71.